The molecule has 112 valence electrons. The standard InChI is InChI=1S/C14H15BrN2O2S2/c1-17(2)21(18,19)12-6-7-13(16)14(9-12)20-11-5-3-4-10(15)8-11/h3-9H,16H2,1-2H3. The highest BCUT2D eigenvalue weighted by molar-refractivity contribution is 9.10. The van der Waals surface area contributed by atoms with Gasteiger partial charge in [0.05, 0.1) is 4.90 Å². The molecular formula is C14H15BrN2O2S2. The Balaban J connectivity index is 2.41. The molecule has 0 atom stereocenters. The van der Waals surface area contributed by atoms with Crippen LogP contribution in [0.2, 0.25) is 0 Å². The molecule has 0 aromatic heterocycles. The fourth-order valence-corrected chi connectivity index (χ4v) is 4.14. The SMILES string of the molecule is CN(C)S(=O)(=O)c1ccc(N)c(Sc2cccc(Br)c2)c1. The minimum absolute atomic E-state index is 0.235. The number of halogens is 1. The number of anilines is 1. The van der Waals surface area contributed by atoms with Crippen molar-refractivity contribution in [2.24, 2.45) is 0 Å². The molecule has 2 rings (SSSR count). The Bertz CT molecular complexity index is 761. The third-order valence-corrected chi connectivity index (χ3v) is 6.15. The molecule has 4 nitrogen and oxygen atoms in total. The lowest BCUT2D eigenvalue weighted by Crippen LogP contribution is -2.22. The van der Waals surface area contributed by atoms with Gasteiger partial charge in [-0.2, -0.15) is 0 Å². The van der Waals surface area contributed by atoms with Crippen LogP contribution in [0.25, 0.3) is 0 Å². The van der Waals surface area contributed by atoms with Crippen LogP contribution >= 0.6 is 27.7 Å². The monoisotopic (exact) mass is 386 g/mol. The van der Waals surface area contributed by atoms with Crippen LogP contribution in [-0.4, -0.2) is 26.8 Å². The van der Waals surface area contributed by atoms with E-state index in [4.69, 9.17) is 5.73 Å². The highest BCUT2D eigenvalue weighted by Crippen LogP contribution is 2.35. The fourth-order valence-electron chi connectivity index (χ4n) is 1.63. The third-order valence-electron chi connectivity index (χ3n) is 2.79. The zero-order valence-corrected chi connectivity index (χ0v) is 14.8. The molecule has 2 N–H and O–H groups in total. The lowest BCUT2D eigenvalue weighted by Gasteiger charge is -2.13. The first-order chi connectivity index (χ1) is 9.80. The molecule has 0 unspecified atom stereocenters. The van der Waals surface area contributed by atoms with Crippen LogP contribution in [0.15, 0.2) is 61.6 Å². The average molecular weight is 387 g/mol. The Labute approximate surface area is 137 Å². The summed E-state index contributed by atoms with van der Waals surface area (Å²) >= 11 is 4.84. The maximum absolute atomic E-state index is 12.2. The second-order valence-corrected chi connectivity index (χ2v) is 8.73. The van der Waals surface area contributed by atoms with Gasteiger partial charge in [-0.25, -0.2) is 12.7 Å². The lowest BCUT2D eigenvalue weighted by molar-refractivity contribution is 0.520. The molecule has 0 bridgehead atoms. The van der Waals surface area contributed by atoms with Crippen molar-refractivity contribution in [2.75, 3.05) is 19.8 Å². The Morgan fingerprint density at radius 1 is 1.14 bits per heavy atom. The summed E-state index contributed by atoms with van der Waals surface area (Å²) in [5, 5.41) is 0. The van der Waals surface area contributed by atoms with Gasteiger partial charge in [0.25, 0.3) is 0 Å². The zero-order valence-electron chi connectivity index (χ0n) is 11.6. The number of nitrogens with two attached hydrogens (primary N) is 1. The molecule has 0 aliphatic rings. The largest absolute Gasteiger partial charge is 0.398 e. The van der Waals surface area contributed by atoms with Gasteiger partial charge in [-0.05, 0) is 36.4 Å². The van der Waals surface area contributed by atoms with Crippen molar-refractivity contribution in [1.29, 1.82) is 0 Å². The number of nitrogens with zero attached hydrogens (tertiary/aromatic N) is 1. The molecule has 0 amide bonds. The molecule has 2 aromatic rings. The number of hydrogen-bond donors (Lipinski definition) is 1. The molecule has 0 radical (unpaired) electrons. The molecule has 0 fully saturated rings. The first-order valence-electron chi connectivity index (χ1n) is 6.06. The highest BCUT2D eigenvalue weighted by atomic mass is 79.9. The van der Waals surface area contributed by atoms with Crippen molar-refractivity contribution in [3.05, 3.63) is 46.9 Å². The minimum Gasteiger partial charge on any atom is -0.398 e. The van der Waals surface area contributed by atoms with E-state index >= 15 is 0 Å². The predicted octanol–water partition coefficient (Wildman–Crippen LogP) is 3.43. The van der Waals surface area contributed by atoms with Gasteiger partial charge in [-0.3, -0.25) is 0 Å². The Morgan fingerprint density at radius 3 is 2.48 bits per heavy atom. The van der Waals surface area contributed by atoms with Gasteiger partial charge < -0.3 is 5.73 Å². The van der Waals surface area contributed by atoms with Crippen molar-refractivity contribution in [2.45, 2.75) is 14.7 Å². The van der Waals surface area contributed by atoms with Gasteiger partial charge in [0, 0.05) is 34.0 Å². The lowest BCUT2D eigenvalue weighted by atomic mass is 10.3. The maximum atomic E-state index is 12.2. The summed E-state index contributed by atoms with van der Waals surface area (Å²) in [6, 6.07) is 12.5. The van der Waals surface area contributed by atoms with Crippen LogP contribution < -0.4 is 5.73 Å². The minimum atomic E-state index is -3.46. The maximum Gasteiger partial charge on any atom is 0.242 e. The van der Waals surface area contributed by atoms with E-state index in [2.05, 4.69) is 15.9 Å². The summed E-state index contributed by atoms with van der Waals surface area (Å²) in [4.78, 5) is 1.94. The topological polar surface area (TPSA) is 63.4 Å². The van der Waals surface area contributed by atoms with Crippen LogP contribution in [0.5, 0.6) is 0 Å². The van der Waals surface area contributed by atoms with Crippen molar-refractivity contribution >= 4 is 43.4 Å². The molecule has 0 saturated heterocycles. The van der Waals surface area contributed by atoms with E-state index in [-0.39, 0.29) is 4.90 Å². The average Bonchev–Trinajstić information content (AvgIpc) is 2.41. The molecule has 0 aliphatic carbocycles. The highest BCUT2D eigenvalue weighted by Gasteiger charge is 2.18. The third kappa shape index (κ3) is 3.79. The predicted molar refractivity (Wildman–Crippen MR) is 90.0 cm³/mol. The van der Waals surface area contributed by atoms with Crippen molar-refractivity contribution in [3.8, 4) is 0 Å². The van der Waals surface area contributed by atoms with E-state index in [1.807, 2.05) is 24.3 Å². The van der Waals surface area contributed by atoms with Crippen LogP contribution in [0.4, 0.5) is 5.69 Å². The first-order valence-corrected chi connectivity index (χ1v) is 9.11. The van der Waals surface area contributed by atoms with E-state index in [1.165, 1.54) is 36.2 Å². The second-order valence-electron chi connectivity index (χ2n) is 4.55. The van der Waals surface area contributed by atoms with Gasteiger partial charge in [0.2, 0.25) is 10.0 Å². The molecule has 21 heavy (non-hydrogen) atoms. The van der Waals surface area contributed by atoms with Crippen LogP contribution in [0.1, 0.15) is 0 Å². The van der Waals surface area contributed by atoms with Crippen molar-refractivity contribution in [1.82, 2.24) is 4.31 Å². The summed E-state index contributed by atoms with van der Waals surface area (Å²) in [5.41, 5.74) is 6.51. The summed E-state index contributed by atoms with van der Waals surface area (Å²) in [7, 11) is -0.448. The number of rotatable bonds is 4. The number of benzene rings is 2. The molecule has 0 heterocycles. The van der Waals surface area contributed by atoms with Crippen LogP contribution in [0, 0.1) is 0 Å². The number of hydrogen-bond acceptors (Lipinski definition) is 4. The Hall–Kier alpha value is -1.02. The first kappa shape index (κ1) is 16.4. The summed E-state index contributed by atoms with van der Waals surface area (Å²) in [5.74, 6) is 0. The van der Waals surface area contributed by atoms with Gasteiger partial charge in [0.1, 0.15) is 0 Å². The summed E-state index contributed by atoms with van der Waals surface area (Å²) in [6.45, 7) is 0. The smallest absolute Gasteiger partial charge is 0.242 e. The van der Waals surface area contributed by atoms with E-state index in [1.54, 1.807) is 12.1 Å². The quantitative estimate of drug-likeness (QED) is 0.817. The second kappa shape index (κ2) is 6.39. The molecule has 2 aromatic carbocycles. The molecular weight excluding hydrogens is 372 g/mol. The van der Waals surface area contributed by atoms with Crippen molar-refractivity contribution < 1.29 is 8.42 Å². The number of nitrogen functional groups attached to an aromatic ring is 1. The number of sulfonamides is 1. The van der Waals surface area contributed by atoms with E-state index in [0.29, 0.717) is 5.69 Å². The molecule has 0 aliphatic heterocycles. The van der Waals surface area contributed by atoms with Crippen molar-refractivity contribution in [3.63, 3.8) is 0 Å². The molecule has 0 saturated carbocycles. The van der Waals surface area contributed by atoms with Gasteiger partial charge in [-0.1, -0.05) is 33.8 Å². The normalized spacial score (nSPS) is 11.8. The van der Waals surface area contributed by atoms with Gasteiger partial charge in [-0.15, -0.1) is 0 Å². The van der Waals surface area contributed by atoms with Crippen LogP contribution in [0.3, 0.4) is 0 Å². The van der Waals surface area contributed by atoms with Crippen LogP contribution in [-0.2, 0) is 10.0 Å². The Morgan fingerprint density at radius 2 is 1.86 bits per heavy atom. The summed E-state index contributed by atoms with van der Waals surface area (Å²) in [6.07, 6.45) is 0. The fraction of sp³-hybridized carbons (Fsp3) is 0.143. The molecule has 0 spiro atoms. The van der Waals surface area contributed by atoms with E-state index in [9.17, 15) is 8.42 Å². The van der Waals surface area contributed by atoms with Gasteiger partial charge >= 0.3 is 0 Å². The van der Waals surface area contributed by atoms with E-state index in [0.717, 1.165) is 14.3 Å². The summed E-state index contributed by atoms with van der Waals surface area (Å²) < 4.78 is 26.5. The molecule has 7 heteroatoms. The zero-order chi connectivity index (χ0) is 15.6. The Kier molecular flexibility index (Phi) is 4.98. The van der Waals surface area contributed by atoms with E-state index < -0.39 is 10.0 Å². The van der Waals surface area contributed by atoms with Gasteiger partial charge in [0.15, 0.2) is 0 Å².